The molecule has 17 heavy (non-hydrogen) atoms. The second-order valence-corrected chi connectivity index (χ2v) is 5.01. The van der Waals surface area contributed by atoms with Gasteiger partial charge in [0.05, 0.1) is 5.60 Å². The van der Waals surface area contributed by atoms with Gasteiger partial charge in [-0.3, -0.25) is 0 Å². The normalized spacial score (nSPS) is 11.8. The van der Waals surface area contributed by atoms with Crippen LogP contribution >= 0.6 is 11.6 Å². The summed E-state index contributed by atoms with van der Waals surface area (Å²) in [5.74, 6) is -0.330. The molecule has 0 fully saturated rings. The molecule has 0 saturated heterocycles. The first-order valence-electron chi connectivity index (χ1n) is 6.17. The quantitative estimate of drug-likeness (QED) is 0.804. The zero-order valence-electron chi connectivity index (χ0n) is 10.5. The Balaban J connectivity index is 2.93. The van der Waals surface area contributed by atoms with Crippen molar-refractivity contribution in [3.05, 3.63) is 34.6 Å². The summed E-state index contributed by atoms with van der Waals surface area (Å²) in [5.41, 5.74) is -0.409. The van der Waals surface area contributed by atoms with Gasteiger partial charge in [0.15, 0.2) is 0 Å². The minimum atomic E-state index is -0.838. The van der Waals surface area contributed by atoms with Crippen LogP contribution in [0.1, 0.15) is 45.1 Å². The Morgan fingerprint density at radius 1 is 1.24 bits per heavy atom. The van der Waals surface area contributed by atoms with Crippen LogP contribution in [0.2, 0.25) is 5.02 Å². The lowest BCUT2D eigenvalue weighted by atomic mass is 9.86. The van der Waals surface area contributed by atoms with Crippen molar-refractivity contribution in [3.63, 3.8) is 0 Å². The highest BCUT2D eigenvalue weighted by molar-refractivity contribution is 6.31. The zero-order chi connectivity index (χ0) is 12.9. The Morgan fingerprint density at radius 2 is 1.82 bits per heavy atom. The maximum atomic E-state index is 13.7. The Labute approximate surface area is 108 Å². The predicted molar refractivity (Wildman–Crippen MR) is 69.9 cm³/mol. The molecule has 0 radical (unpaired) electrons. The summed E-state index contributed by atoms with van der Waals surface area (Å²) in [5, 5.41) is 10.9. The summed E-state index contributed by atoms with van der Waals surface area (Å²) in [6.45, 7) is 4.03. The van der Waals surface area contributed by atoms with Crippen molar-refractivity contribution < 1.29 is 9.50 Å². The number of benzene rings is 1. The molecular formula is C14H20ClFO. The van der Waals surface area contributed by atoms with E-state index in [1.807, 2.05) is 13.8 Å². The molecular weight excluding hydrogens is 239 g/mol. The Hall–Kier alpha value is -0.600. The maximum Gasteiger partial charge on any atom is 0.127 e. The zero-order valence-corrected chi connectivity index (χ0v) is 11.2. The molecule has 0 aromatic heterocycles. The van der Waals surface area contributed by atoms with Crippen LogP contribution in [0, 0.1) is 5.82 Å². The number of halogens is 2. The maximum absolute atomic E-state index is 13.7. The fourth-order valence-electron chi connectivity index (χ4n) is 2.26. The molecule has 0 bridgehead atoms. The first kappa shape index (κ1) is 14.5. The van der Waals surface area contributed by atoms with Gasteiger partial charge in [0, 0.05) is 17.0 Å². The van der Waals surface area contributed by atoms with Crippen molar-refractivity contribution in [2.45, 2.75) is 51.6 Å². The Bertz CT molecular complexity index is 339. The summed E-state index contributed by atoms with van der Waals surface area (Å²) in [7, 11) is 0. The summed E-state index contributed by atoms with van der Waals surface area (Å²) in [4.78, 5) is 0. The summed E-state index contributed by atoms with van der Waals surface area (Å²) in [6, 6.07) is 4.64. The van der Waals surface area contributed by atoms with E-state index in [1.165, 1.54) is 6.07 Å². The van der Waals surface area contributed by atoms with Crippen LogP contribution in [0.3, 0.4) is 0 Å². The molecule has 0 aliphatic carbocycles. The minimum absolute atomic E-state index is 0.292. The van der Waals surface area contributed by atoms with Crippen LogP contribution < -0.4 is 0 Å². The molecule has 3 heteroatoms. The average molecular weight is 259 g/mol. The van der Waals surface area contributed by atoms with Crippen molar-refractivity contribution in [3.8, 4) is 0 Å². The van der Waals surface area contributed by atoms with E-state index < -0.39 is 5.60 Å². The molecule has 0 aliphatic heterocycles. The van der Waals surface area contributed by atoms with Crippen molar-refractivity contribution in [2.75, 3.05) is 0 Å². The SMILES string of the molecule is CCCC(O)(CCC)Cc1c(F)cccc1Cl. The van der Waals surface area contributed by atoms with E-state index in [2.05, 4.69) is 0 Å². The minimum Gasteiger partial charge on any atom is -0.390 e. The molecule has 0 amide bonds. The Morgan fingerprint density at radius 3 is 2.29 bits per heavy atom. The standard InChI is InChI=1S/C14H20ClFO/c1-3-8-14(17,9-4-2)10-11-12(15)6-5-7-13(11)16/h5-7,17H,3-4,8-10H2,1-2H3. The highest BCUT2D eigenvalue weighted by atomic mass is 35.5. The van der Waals surface area contributed by atoms with E-state index in [0.717, 1.165) is 12.8 Å². The first-order chi connectivity index (χ1) is 8.02. The van der Waals surface area contributed by atoms with Crippen LogP contribution in [0.4, 0.5) is 4.39 Å². The number of rotatable bonds is 6. The third kappa shape index (κ3) is 3.97. The van der Waals surface area contributed by atoms with Crippen LogP contribution in [-0.2, 0) is 6.42 Å². The van der Waals surface area contributed by atoms with E-state index >= 15 is 0 Å². The molecule has 0 atom stereocenters. The molecule has 1 aromatic carbocycles. The third-order valence-corrected chi connectivity index (χ3v) is 3.35. The smallest absolute Gasteiger partial charge is 0.127 e. The van der Waals surface area contributed by atoms with Crippen LogP contribution in [0.5, 0.6) is 0 Å². The van der Waals surface area contributed by atoms with Gasteiger partial charge in [0.1, 0.15) is 5.82 Å². The number of aliphatic hydroxyl groups is 1. The van der Waals surface area contributed by atoms with Gasteiger partial charge in [-0.25, -0.2) is 4.39 Å². The third-order valence-electron chi connectivity index (χ3n) is 3.00. The molecule has 1 aromatic rings. The molecule has 0 spiro atoms. The van der Waals surface area contributed by atoms with Gasteiger partial charge in [0.2, 0.25) is 0 Å². The van der Waals surface area contributed by atoms with Gasteiger partial charge in [-0.05, 0) is 25.0 Å². The van der Waals surface area contributed by atoms with E-state index in [9.17, 15) is 9.50 Å². The molecule has 96 valence electrons. The lowest BCUT2D eigenvalue weighted by Crippen LogP contribution is -2.31. The van der Waals surface area contributed by atoms with Gasteiger partial charge in [0.25, 0.3) is 0 Å². The first-order valence-corrected chi connectivity index (χ1v) is 6.55. The molecule has 1 nitrogen and oxygen atoms in total. The van der Waals surface area contributed by atoms with Crippen LogP contribution in [0.15, 0.2) is 18.2 Å². The van der Waals surface area contributed by atoms with Gasteiger partial charge in [-0.1, -0.05) is 44.4 Å². The summed E-state index contributed by atoms with van der Waals surface area (Å²) >= 11 is 5.98. The largest absolute Gasteiger partial charge is 0.390 e. The molecule has 0 aliphatic rings. The van der Waals surface area contributed by atoms with Gasteiger partial charge >= 0.3 is 0 Å². The van der Waals surface area contributed by atoms with E-state index in [0.29, 0.717) is 29.8 Å². The topological polar surface area (TPSA) is 20.2 Å². The summed E-state index contributed by atoms with van der Waals surface area (Å²) < 4.78 is 13.7. The number of hydrogen-bond acceptors (Lipinski definition) is 1. The van der Waals surface area contributed by atoms with Crippen molar-refractivity contribution in [1.29, 1.82) is 0 Å². The Kier molecular flexibility index (Phi) is 5.41. The molecule has 1 N–H and O–H groups in total. The average Bonchev–Trinajstić information content (AvgIpc) is 2.24. The fraction of sp³-hybridized carbons (Fsp3) is 0.571. The van der Waals surface area contributed by atoms with Gasteiger partial charge in [-0.2, -0.15) is 0 Å². The predicted octanol–water partition coefficient (Wildman–Crippen LogP) is 4.35. The molecule has 0 heterocycles. The molecule has 1 rings (SSSR count). The second kappa shape index (κ2) is 6.36. The van der Waals surface area contributed by atoms with Crippen molar-refractivity contribution >= 4 is 11.6 Å². The van der Waals surface area contributed by atoms with Crippen LogP contribution in [-0.4, -0.2) is 10.7 Å². The summed E-state index contributed by atoms with van der Waals surface area (Å²) in [6.07, 6.45) is 3.39. The van der Waals surface area contributed by atoms with E-state index in [-0.39, 0.29) is 5.82 Å². The van der Waals surface area contributed by atoms with E-state index in [1.54, 1.807) is 12.1 Å². The van der Waals surface area contributed by atoms with Crippen molar-refractivity contribution in [2.24, 2.45) is 0 Å². The van der Waals surface area contributed by atoms with Gasteiger partial charge in [-0.15, -0.1) is 0 Å². The van der Waals surface area contributed by atoms with E-state index in [4.69, 9.17) is 11.6 Å². The highest BCUT2D eigenvalue weighted by Crippen LogP contribution is 2.29. The fourth-order valence-corrected chi connectivity index (χ4v) is 2.49. The second-order valence-electron chi connectivity index (χ2n) is 4.60. The van der Waals surface area contributed by atoms with Crippen molar-refractivity contribution in [1.82, 2.24) is 0 Å². The number of hydrogen-bond donors (Lipinski definition) is 1. The van der Waals surface area contributed by atoms with Crippen LogP contribution in [0.25, 0.3) is 0 Å². The lowest BCUT2D eigenvalue weighted by Gasteiger charge is -2.28. The highest BCUT2D eigenvalue weighted by Gasteiger charge is 2.27. The van der Waals surface area contributed by atoms with Gasteiger partial charge < -0.3 is 5.11 Å². The lowest BCUT2D eigenvalue weighted by molar-refractivity contribution is 0.0209. The monoisotopic (exact) mass is 258 g/mol. The molecule has 0 unspecified atom stereocenters. The molecule has 0 saturated carbocycles.